The summed E-state index contributed by atoms with van der Waals surface area (Å²) in [5, 5.41) is 9.08. The van der Waals surface area contributed by atoms with Crippen molar-refractivity contribution in [2.45, 2.75) is 17.7 Å². The molecule has 0 amide bonds. The van der Waals surface area contributed by atoms with E-state index in [1.165, 1.54) is 24.3 Å². The number of ether oxygens (including phenoxy) is 2. The first kappa shape index (κ1) is 21.7. The van der Waals surface area contributed by atoms with E-state index in [1.807, 2.05) is 6.07 Å². The van der Waals surface area contributed by atoms with Gasteiger partial charge in [0.05, 0.1) is 29.7 Å². The highest BCUT2D eigenvalue weighted by Crippen LogP contribution is 2.15. The highest BCUT2D eigenvalue weighted by atomic mass is 35.5. The van der Waals surface area contributed by atoms with Gasteiger partial charge in [-0.3, -0.25) is 0 Å². The molecule has 0 unspecified atom stereocenters. The van der Waals surface area contributed by atoms with Crippen LogP contribution in [0.1, 0.15) is 23.2 Å². The molecule has 0 saturated carbocycles. The number of rotatable bonds is 10. The van der Waals surface area contributed by atoms with Gasteiger partial charge in [-0.1, -0.05) is 11.6 Å². The van der Waals surface area contributed by atoms with Crippen LogP contribution in [0.2, 0.25) is 5.02 Å². The number of nitrogens with zero attached hydrogens (tertiary/aromatic N) is 1. The Hall–Kier alpha value is -2.60. The van der Waals surface area contributed by atoms with Gasteiger partial charge in [0.1, 0.15) is 5.75 Å². The molecule has 0 atom stereocenters. The third-order valence-corrected chi connectivity index (χ3v) is 5.26. The highest BCUT2D eigenvalue weighted by Gasteiger charge is 2.14. The average Bonchev–Trinajstić information content (AvgIpc) is 2.69. The molecule has 0 bridgehead atoms. The summed E-state index contributed by atoms with van der Waals surface area (Å²) in [5.74, 6) is 0.129. The minimum atomic E-state index is -3.71. The Kier molecular flexibility index (Phi) is 8.26. The van der Waals surface area contributed by atoms with E-state index in [-0.39, 0.29) is 30.0 Å². The molecule has 0 spiro atoms. The molecule has 2 rings (SSSR count). The first-order valence-corrected chi connectivity index (χ1v) is 10.3. The van der Waals surface area contributed by atoms with Crippen LogP contribution in [0, 0.1) is 11.3 Å². The topological polar surface area (TPSA) is 105 Å². The molecule has 0 saturated heterocycles. The van der Waals surface area contributed by atoms with E-state index < -0.39 is 16.0 Å². The van der Waals surface area contributed by atoms with E-state index in [0.717, 1.165) is 0 Å². The van der Waals surface area contributed by atoms with E-state index in [0.29, 0.717) is 23.8 Å². The van der Waals surface area contributed by atoms with Gasteiger partial charge in [-0.15, -0.1) is 0 Å². The molecule has 0 aromatic heterocycles. The van der Waals surface area contributed by atoms with Crippen LogP contribution >= 0.6 is 11.6 Å². The third kappa shape index (κ3) is 6.85. The summed E-state index contributed by atoms with van der Waals surface area (Å²) in [7, 11) is -3.71. The predicted octanol–water partition coefficient (Wildman–Crippen LogP) is 3.16. The lowest BCUT2D eigenvalue weighted by molar-refractivity contribution is 0.0486. The molecular formula is C19H19ClN2O5S. The van der Waals surface area contributed by atoms with E-state index in [1.54, 1.807) is 24.3 Å². The van der Waals surface area contributed by atoms with E-state index in [2.05, 4.69) is 4.72 Å². The molecule has 0 aliphatic rings. The van der Waals surface area contributed by atoms with Crippen LogP contribution in [0.15, 0.2) is 53.4 Å². The van der Waals surface area contributed by atoms with Crippen molar-refractivity contribution < 1.29 is 22.7 Å². The highest BCUT2D eigenvalue weighted by molar-refractivity contribution is 7.89. The second-order valence-electron chi connectivity index (χ2n) is 5.62. The number of benzene rings is 2. The van der Waals surface area contributed by atoms with Crippen molar-refractivity contribution >= 4 is 27.6 Å². The van der Waals surface area contributed by atoms with Gasteiger partial charge in [0.2, 0.25) is 10.0 Å². The van der Waals surface area contributed by atoms with Crippen molar-refractivity contribution in [2.75, 3.05) is 19.8 Å². The standard InChI is InChI=1S/C19H19ClN2O5S/c20-16-5-7-17(8-6-16)26-13-2-14-27-19(23)15-3-9-18(10-4-15)28(24,25)22-12-1-11-21/h3-10,22H,1-2,12-14H2. The molecule has 2 aromatic rings. The number of hydrogen-bond acceptors (Lipinski definition) is 6. The van der Waals surface area contributed by atoms with E-state index in [9.17, 15) is 13.2 Å². The second kappa shape index (κ2) is 10.7. The van der Waals surface area contributed by atoms with Crippen LogP contribution in [0.5, 0.6) is 5.75 Å². The number of carbonyl (C=O) groups is 1. The normalized spacial score (nSPS) is 10.9. The van der Waals surface area contributed by atoms with Crippen LogP contribution in [-0.4, -0.2) is 34.1 Å². The molecule has 148 valence electrons. The summed E-state index contributed by atoms with van der Waals surface area (Å²) < 4.78 is 37.0. The predicted molar refractivity (Wildman–Crippen MR) is 104 cm³/mol. The maximum Gasteiger partial charge on any atom is 0.338 e. The fourth-order valence-corrected chi connectivity index (χ4v) is 3.28. The minimum absolute atomic E-state index is 0.0124. The average molecular weight is 423 g/mol. The van der Waals surface area contributed by atoms with Gasteiger partial charge in [0, 0.05) is 24.4 Å². The van der Waals surface area contributed by atoms with Crippen LogP contribution in [0.3, 0.4) is 0 Å². The molecular weight excluding hydrogens is 404 g/mol. The summed E-state index contributed by atoms with van der Waals surface area (Å²) in [5.41, 5.74) is 0.245. The summed E-state index contributed by atoms with van der Waals surface area (Å²) >= 11 is 5.79. The zero-order chi connectivity index (χ0) is 20.4. The summed E-state index contributed by atoms with van der Waals surface area (Å²) in [6, 6.07) is 14.2. The van der Waals surface area contributed by atoms with E-state index >= 15 is 0 Å². The molecule has 7 nitrogen and oxygen atoms in total. The molecule has 2 aromatic carbocycles. The van der Waals surface area contributed by atoms with Gasteiger partial charge in [-0.05, 0) is 48.5 Å². The zero-order valence-corrected chi connectivity index (χ0v) is 16.5. The molecule has 0 fully saturated rings. The lowest BCUT2D eigenvalue weighted by Crippen LogP contribution is -2.24. The third-order valence-electron chi connectivity index (χ3n) is 3.53. The Labute approximate surface area is 168 Å². The Bertz CT molecular complexity index is 922. The maximum absolute atomic E-state index is 12.0. The van der Waals surface area contributed by atoms with Crippen molar-refractivity contribution in [2.24, 2.45) is 0 Å². The molecule has 0 aliphatic heterocycles. The quantitative estimate of drug-likeness (QED) is 0.465. The summed E-state index contributed by atoms with van der Waals surface area (Å²) in [4.78, 5) is 12.0. The van der Waals surface area contributed by atoms with E-state index in [4.69, 9.17) is 26.3 Å². The largest absolute Gasteiger partial charge is 0.493 e. The van der Waals surface area contributed by atoms with Gasteiger partial charge < -0.3 is 9.47 Å². The van der Waals surface area contributed by atoms with Crippen LogP contribution in [-0.2, 0) is 14.8 Å². The molecule has 9 heteroatoms. The lowest BCUT2D eigenvalue weighted by Gasteiger charge is -2.08. The van der Waals surface area contributed by atoms with Crippen molar-refractivity contribution in [3.05, 3.63) is 59.1 Å². The fraction of sp³-hybridized carbons (Fsp3) is 0.263. The number of hydrogen-bond donors (Lipinski definition) is 1. The Morgan fingerprint density at radius 3 is 2.39 bits per heavy atom. The van der Waals surface area contributed by atoms with Crippen molar-refractivity contribution in [3.8, 4) is 11.8 Å². The Morgan fingerprint density at radius 2 is 1.75 bits per heavy atom. The first-order chi connectivity index (χ1) is 13.4. The lowest BCUT2D eigenvalue weighted by atomic mass is 10.2. The van der Waals surface area contributed by atoms with Gasteiger partial charge in [-0.25, -0.2) is 17.9 Å². The number of esters is 1. The molecule has 1 N–H and O–H groups in total. The zero-order valence-electron chi connectivity index (χ0n) is 14.9. The Morgan fingerprint density at radius 1 is 1.07 bits per heavy atom. The molecule has 0 aliphatic carbocycles. The minimum Gasteiger partial charge on any atom is -0.493 e. The maximum atomic E-state index is 12.0. The molecule has 0 radical (unpaired) electrons. The number of nitriles is 1. The molecule has 0 heterocycles. The van der Waals surface area contributed by atoms with Gasteiger partial charge in [-0.2, -0.15) is 5.26 Å². The molecule has 28 heavy (non-hydrogen) atoms. The smallest absolute Gasteiger partial charge is 0.338 e. The van der Waals surface area contributed by atoms with Gasteiger partial charge >= 0.3 is 5.97 Å². The SMILES string of the molecule is N#CCCNS(=O)(=O)c1ccc(C(=O)OCCCOc2ccc(Cl)cc2)cc1. The van der Waals surface area contributed by atoms with Crippen molar-refractivity contribution in [1.82, 2.24) is 4.72 Å². The number of nitrogens with one attached hydrogen (secondary N) is 1. The van der Waals surface area contributed by atoms with Crippen LogP contribution in [0.25, 0.3) is 0 Å². The van der Waals surface area contributed by atoms with Crippen LogP contribution < -0.4 is 9.46 Å². The first-order valence-electron chi connectivity index (χ1n) is 8.44. The van der Waals surface area contributed by atoms with Crippen molar-refractivity contribution in [3.63, 3.8) is 0 Å². The summed E-state index contributed by atoms with van der Waals surface area (Å²) in [6.45, 7) is 0.573. The van der Waals surface area contributed by atoms with Crippen LogP contribution in [0.4, 0.5) is 0 Å². The summed E-state index contributed by atoms with van der Waals surface area (Å²) in [6.07, 6.45) is 0.578. The van der Waals surface area contributed by atoms with Gasteiger partial charge in [0.15, 0.2) is 0 Å². The van der Waals surface area contributed by atoms with Gasteiger partial charge in [0.25, 0.3) is 0 Å². The number of sulfonamides is 1. The Balaban J connectivity index is 1.76. The fourth-order valence-electron chi connectivity index (χ4n) is 2.12. The number of halogens is 1. The number of carbonyl (C=O) groups excluding carboxylic acids is 1. The van der Waals surface area contributed by atoms with Crippen molar-refractivity contribution in [1.29, 1.82) is 5.26 Å². The monoisotopic (exact) mass is 422 g/mol. The second-order valence-corrected chi connectivity index (χ2v) is 7.83.